The summed E-state index contributed by atoms with van der Waals surface area (Å²) < 4.78 is 10.5. The summed E-state index contributed by atoms with van der Waals surface area (Å²) in [6.07, 6.45) is 0. The van der Waals surface area contributed by atoms with Gasteiger partial charge >= 0.3 is 0 Å². The third-order valence-corrected chi connectivity index (χ3v) is 3.97. The Morgan fingerprint density at radius 1 is 1.32 bits per heavy atom. The Morgan fingerprint density at radius 2 is 2.09 bits per heavy atom. The smallest absolute Gasteiger partial charge is 0.254 e. The van der Waals surface area contributed by atoms with Crippen LogP contribution in [0.15, 0.2) is 18.2 Å². The normalized spacial score (nSPS) is 22.7. The largest absolute Gasteiger partial charge is 0.454 e. The fourth-order valence-corrected chi connectivity index (χ4v) is 2.86. The number of carbonyl (C=O) groups is 2. The summed E-state index contributed by atoms with van der Waals surface area (Å²) in [6, 6.07) is 4.83. The van der Waals surface area contributed by atoms with Gasteiger partial charge in [-0.15, -0.1) is 0 Å². The number of hydrogen-bond acceptors (Lipinski definition) is 5. The maximum absolute atomic E-state index is 12.6. The van der Waals surface area contributed by atoms with Crippen molar-refractivity contribution in [2.24, 2.45) is 5.92 Å². The summed E-state index contributed by atoms with van der Waals surface area (Å²) >= 11 is 0. The van der Waals surface area contributed by atoms with Crippen LogP contribution in [0.2, 0.25) is 0 Å². The molecule has 0 aliphatic carbocycles. The Labute approximate surface area is 127 Å². The standard InChI is InChI=1S/C15H18N2O5/c1-9(19)16-12-6-17(5-11(12)7-18)15(20)10-2-3-13-14(4-10)22-8-21-13/h2-4,11-12,18H,5-8H2,1H3,(H,16,19)/t11-,12+/m0/s1. The second-order valence-electron chi connectivity index (χ2n) is 5.53. The number of aliphatic hydroxyl groups excluding tert-OH is 1. The highest BCUT2D eigenvalue weighted by Gasteiger charge is 2.35. The average molecular weight is 306 g/mol. The molecule has 3 rings (SSSR count). The van der Waals surface area contributed by atoms with Crippen molar-refractivity contribution in [1.29, 1.82) is 0 Å². The minimum atomic E-state index is -0.222. The maximum Gasteiger partial charge on any atom is 0.254 e. The first-order valence-corrected chi connectivity index (χ1v) is 7.15. The number of likely N-dealkylation sites (tertiary alicyclic amines) is 1. The van der Waals surface area contributed by atoms with Gasteiger partial charge in [0.25, 0.3) is 5.91 Å². The Morgan fingerprint density at radius 3 is 2.82 bits per heavy atom. The zero-order chi connectivity index (χ0) is 15.7. The molecule has 118 valence electrons. The minimum Gasteiger partial charge on any atom is -0.454 e. The molecule has 1 aromatic rings. The van der Waals surface area contributed by atoms with E-state index in [4.69, 9.17) is 9.47 Å². The van der Waals surface area contributed by atoms with Gasteiger partial charge in [0.15, 0.2) is 11.5 Å². The van der Waals surface area contributed by atoms with E-state index in [1.54, 1.807) is 23.1 Å². The van der Waals surface area contributed by atoms with Crippen molar-refractivity contribution in [3.8, 4) is 11.5 Å². The zero-order valence-corrected chi connectivity index (χ0v) is 12.2. The number of aliphatic hydroxyl groups is 1. The molecule has 0 bridgehead atoms. The molecule has 2 N–H and O–H groups in total. The lowest BCUT2D eigenvalue weighted by Crippen LogP contribution is -2.40. The van der Waals surface area contributed by atoms with Crippen LogP contribution in [0, 0.1) is 5.92 Å². The fourth-order valence-electron chi connectivity index (χ4n) is 2.86. The van der Waals surface area contributed by atoms with Gasteiger partial charge in [0.05, 0.1) is 6.04 Å². The Hall–Kier alpha value is -2.28. The number of benzene rings is 1. The van der Waals surface area contributed by atoms with Crippen LogP contribution in [0.25, 0.3) is 0 Å². The monoisotopic (exact) mass is 306 g/mol. The number of nitrogens with one attached hydrogen (secondary N) is 1. The van der Waals surface area contributed by atoms with E-state index >= 15 is 0 Å². The van der Waals surface area contributed by atoms with Crippen LogP contribution in [0.1, 0.15) is 17.3 Å². The molecule has 1 saturated heterocycles. The van der Waals surface area contributed by atoms with Crippen LogP contribution >= 0.6 is 0 Å². The first-order chi connectivity index (χ1) is 10.6. The molecule has 2 heterocycles. The molecular weight excluding hydrogens is 288 g/mol. The number of amides is 2. The number of hydrogen-bond donors (Lipinski definition) is 2. The van der Waals surface area contributed by atoms with E-state index in [1.807, 2.05) is 0 Å². The summed E-state index contributed by atoms with van der Waals surface area (Å²) in [5, 5.41) is 12.2. The van der Waals surface area contributed by atoms with E-state index in [2.05, 4.69) is 5.32 Å². The first-order valence-electron chi connectivity index (χ1n) is 7.15. The van der Waals surface area contributed by atoms with Crippen LogP contribution in [0.3, 0.4) is 0 Å². The molecule has 22 heavy (non-hydrogen) atoms. The van der Waals surface area contributed by atoms with E-state index in [1.165, 1.54) is 6.92 Å². The third-order valence-electron chi connectivity index (χ3n) is 3.97. The number of carbonyl (C=O) groups excluding carboxylic acids is 2. The van der Waals surface area contributed by atoms with Gasteiger partial charge < -0.3 is 24.8 Å². The second kappa shape index (κ2) is 5.84. The lowest BCUT2D eigenvalue weighted by Gasteiger charge is -2.17. The van der Waals surface area contributed by atoms with Crippen molar-refractivity contribution in [2.45, 2.75) is 13.0 Å². The van der Waals surface area contributed by atoms with Crippen molar-refractivity contribution in [3.63, 3.8) is 0 Å². The van der Waals surface area contributed by atoms with E-state index in [9.17, 15) is 14.7 Å². The molecule has 2 atom stereocenters. The molecule has 2 aliphatic rings. The highest BCUT2D eigenvalue weighted by molar-refractivity contribution is 5.95. The van der Waals surface area contributed by atoms with Gasteiger partial charge in [-0.25, -0.2) is 0 Å². The van der Waals surface area contributed by atoms with Crippen molar-refractivity contribution in [1.82, 2.24) is 10.2 Å². The molecule has 2 amide bonds. The predicted molar refractivity (Wildman–Crippen MR) is 76.6 cm³/mol. The van der Waals surface area contributed by atoms with Gasteiger partial charge in [0.2, 0.25) is 12.7 Å². The SMILES string of the molecule is CC(=O)N[C@@H]1CN(C(=O)c2ccc3c(c2)OCO3)C[C@H]1CO. The minimum absolute atomic E-state index is 0.0735. The zero-order valence-electron chi connectivity index (χ0n) is 12.2. The number of ether oxygens (including phenoxy) is 2. The van der Waals surface area contributed by atoms with Gasteiger partial charge in [0, 0.05) is 38.1 Å². The fraction of sp³-hybridized carbons (Fsp3) is 0.467. The topological polar surface area (TPSA) is 88.1 Å². The van der Waals surface area contributed by atoms with Crippen molar-refractivity contribution >= 4 is 11.8 Å². The molecule has 0 aromatic heterocycles. The lowest BCUT2D eigenvalue weighted by atomic mass is 10.1. The van der Waals surface area contributed by atoms with Crippen molar-refractivity contribution in [3.05, 3.63) is 23.8 Å². The van der Waals surface area contributed by atoms with Crippen molar-refractivity contribution < 1.29 is 24.2 Å². The van der Waals surface area contributed by atoms with Gasteiger partial charge in [-0.3, -0.25) is 9.59 Å². The molecule has 2 aliphatic heterocycles. The van der Waals surface area contributed by atoms with Crippen LogP contribution in [0.4, 0.5) is 0 Å². The Balaban J connectivity index is 1.74. The van der Waals surface area contributed by atoms with Crippen LogP contribution in [-0.4, -0.2) is 54.4 Å². The summed E-state index contributed by atoms with van der Waals surface area (Å²) in [4.78, 5) is 25.4. The molecule has 1 aromatic carbocycles. The first kappa shape index (κ1) is 14.6. The molecule has 7 heteroatoms. The van der Waals surface area contributed by atoms with Crippen LogP contribution < -0.4 is 14.8 Å². The summed E-state index contributed by atoms with van der Waals surface area (Å²) in [5.41, 5.74) is 0.504. The molecule has 0 saturated carbocycles. The van der Waals surface area contributed by atoms with E-state index in [0.717, 1.165) is 0 Å². The summed E-state index contributed by atoms with van der Waals surface area (Å²) in [6.45, 7) is 2.31. The molecule has 7 nitrogen and oxygen atoms in total. The van der Waals surface area contributed by atoms with Gasteiger partial charge in [-0.05, 0) is 18.2 Å². The molecular formula is C15H18N2O5. The third kappa shape index (κ3) is 2.71. The molecule has 1 fully saturated rings. The van der Waals surface area contributed by atoms with Gasteiger partial charge in [0.1, 0.15) is 0 Å². The van der Waals surface area contributed by atoms with Crippen LogP contribution in [0.5, 0.6) is 11.5 Å². The number of fused-ring (bicyclic) bond motifs is 1. The van der Waals surface area contributed by atoms with E-state index < -0.39 is 0 Å². The van der Waals surface area contributed by atoms with Crippen LogP contribution in [-0.2, 0) is 4.79 Å². The number of nitrogens with zero attached hydrogens (tertiary/aromatic N) is 1. The highest BCUT2D eigenvalue weighted by Crippen LogP contribution is 2.33. The quantitative estimate of drug-likeness (QED) is 0.820. The lowest BCUT2D eigenvalue weighted by molar-refractivity contribution is -0.119. The Kier molecular flexibility index (Phi) is 3.89. The average Bonchev–Trinajstić information content (AvgIpc) is 3.11. The summed E-state index contributed by atoms with van der Waals surface area (Å²) in [7, 11) is 0. The number of rotatable bonds is 3. The summed E-state index contributed by atoms with van der Waals surface area (Å²) in [5.74, 6) is 0.719. The predicted octanol–water partition coefficient (Wildman–Crippen LogP) is -0.0157. The Bertz CT molecular complexity index is 604. The molecule has 0 spiro atoms. The molecule has 0 radical (unpaired) electrons. The van der Waals surface area contributed by atoms with Gasteiger partial charge in [-0.1, -0.05) is 0 Å². The van der Waals surface area contributed by atoms with E-state index in [-0.39, 0.29) is 37.2 Å². The van der Waals surface area contributed by atoms with Gasteiger partial charge in [-0.2, -0.15) is 0 Å². The highest BCUT2D eigenvalue weighted by atomic mass is 16.7. The maximum atomic E-state index is 12.6. The van der Waals surface area contributed by atoms with E-state index in [0.29, 0.717) is 30.2 Å². The second-order valence-corrected chi connectivity index (χ2v) is 5.53. The molecule has 0 unspecified atom stereocenters. The van der Waals surface area contributed by atoms with Crippen molar-refractivity contribution in [2.75, 3.05) is 26.5 Å².